The van der Waals surface area contributed by atoms with Crippen molar-refractivity contribution in [1.29, 1.82) is 5.26 Å². The lowest BCUT2D eigenvalue weighted by Gasteiger charge is -1.99. The highest BCUT2D eigenvalue weighted by atomic mass is 35.5. The van der Waals surface area contributed by atoms with Crippen LogP contribution in [0.5, 0.6) is 0 Å². The van der Waals surface area contributed by atoms with E-state index in [1.165, 1.54) is 0 Å². The summed E-state index contributed by atoms with van der Waals surface area (Å²) >= 11 is 6.02. The molecule has 0 saturated heterocycles. The SMILES string of the molecule is N#CCC#Cc1ccc2c(Cl)ccnc2c1. The molecule has 0 spiro atoms. The van der Waals surface area contributed by atoms with Crippen LogP contribution < -0.4 is 0 Å². The monoisotopic (exact) mass is 226 g/mol. The predicted molar refractivity (Wildman–Crippen MR) is 63.9 cm³/mol. The Morgan fingerprint density at radius 2 is 2.19 bits per heavy atom. The number of rotatable bonds is 0. The summed E-state index contributed by atoms with van der Waals surface area (Å²) in [6, 6.07) is 9.36. The number of nitriles is 1. The van der Waals surface area contributed by atoms with Gasteiger partial charge in [-0.25, -0.2) is 0 Å². The molecular formula is C13H7ClN2. The lowest BCUT2D eigenvalue weighted by molar-refractivity contribution is 1.39. The number of fused-ring (bicyclic) bond motifs is 1. The molecule has 0 radical (unpaired) electrons. The molecule has 3 heteroatoms. The highest BCUT2D eigenvalue weighted by molar-refractivity contribution is 6.35. The Bertz CT molecular complexity index is 630. The first-order chi connectivity index (χ1) is 7.81. The minimum atomic E-state index is 0.237. The van der Waals surface area contributed by atoms with Gasteiger partial charge in [-0.1, -0.05) is 29.5 Å². The summed E-state index contributed by atoms with van der Waals surface area (Å²) in [5.41, 5.74) is 1.66. The fourth-order valence-corrected chi connectivity index (χ4v) is 1.59. The standard InChI is InChI=1S/C13H7ClN2/c14-12-6-8-16-13-9-10(3-1-2-7-15)4-5-11(12)13/h4-6,8-9H,2H2. The zero-order chi connectivity index (χ0) is 11.4. The predicted octanol–water partition coefficient (Wildman–Crippen LogP) is 3.15. The minimum Gasteiger partial charge on any atom is -0.256 e. The second kappa shape index (κ2) is 4.66. The molecule has 2 rings (SSSR count). The van der Waals surface area contributed by atoms with Gasteiger partial charge in [-0.15, -0.1) is 0 Å². The first-order valence-corrected chi connectivity index (χ1v) is 5.09. The molecule has 0 saturated carbocycles. The lowest BCUT2D eigenvalue weighted by atomic mass is 10.1. The maximum Gasteiger partial charge on any atom is 0.0966 e. The van der Waals surface area contributed by atoms with Gasteiger partial charge in [0.2, 0.25) is 0 Å². The Hall–Kier alpha value is -2.03. The summed E-state index contributed by atoms with van der Waals surface area (Å²) in [4.78, 5) is 4.21. The van der Waals surface area contributed by atoms with Crippen molar-refractivity contribution in [3.63, 3.8) is 0 Å². The van der Waals surface area contributed by atoms with E-state index in [-0.39, 0.29) is 6.42 Å². The average molecular weight is 227 g/mol. The fraction of sp³-hybridized carbons (Fsp3) is 0.0769. The van der Waals surface area contributed by atoms with Crippen molar-refractivity contribution in [2.45, 2.75) is 6.42 Å². The molecular weight excluding hydrogens is 220 g/mol. The van der Waals surface area contributed by atoms with Gasteiger partial charge in [0, 0.05) is 17.1 Å². The number of hydrogen-bond donors (Lipinski definition) is 0. The van der Waals surface area contributed by atoms with Crippen LogP contribution in [0, 0.1) is 23.2 Å². The van der Waals surface area contributed by atoms with Crippen LogP contribution in [-0.4, -0.2) is 4.98 Å². The molecule has 76 valence electrons. The molecule has 0 amide bonds. The largest absolute Gasteiger partial charge is 0.256 e. The summed E-state index contributed by atoms with van der Waals surface area (Å²) in [5.74, 6) is 5.66. The quantitative estimate of drug-likeness (QED) is 0.647. The maximum atomic E-state index is 8.37. The van der Waals surface area contributed by atoms with E-state index in [4.69, 9.17) is 16.9 Å². The van der Waals surface area contributed by atoms with Gasteiger partial charge in [0.05, 0.1) is 23.0 Å². The van der Waals surface area contributed by atoms with Crippen molar-refractivity contribution in [2.75, 3.05) is 0 Å². The van der Waals surface area contributed by atoms with E-state index >= 15 is 0 Å². The van der Waals surface area contributed by atoms with E-state index < -0.39 is 0 Å². The maximum absolute atomic E-state index is 8.37. The van der Waals surface area contributed by atoms with Crippen LogP contribution in [0.2, 0.25) is 5.02 Å². The van der Waals surface area contributed by atoms with Crippen LogP contribution in [0.1, 0.15) is 12.0 Å². The molecule has 0 bridgehead atoms. The highest BCUT2D eigenvalue weighted by Gasteiger charge is 1.99. The summed E-state index contributed by atoms with van der Waals surface area (Å²) in [6.45, 7) is 0. The normalized spacial score (nSPS) is 9.25. The third kappa shape index (κ3) is 2.14. The smallest absolute Gasteiger partial charge is 0.0966 e. The Labute approximate surface area is 98.5 Å². The van der Waals surface area contributed by atoms with Crippen LogP contribution in [0.25, 0.3) is 10.9 Å². The molecule has 0 atom stereocenters. The molecule has 1 aromatic heterocycles. The van der Waals surface area contributed by atoms with Gasteiger partial charge in [0.1, 0.15) is 0 Å². The molecule has 2 nitrogen and oxygen atoms in total. The van der Waals surface area contributed by atoms with Gasteiger partial charge < -0.3 is 0 Å². The van der Waals surface area contributed by atoms with Gasteiger partial charge in [0.25, 0.3) is 0 Å². The van der Waals surface area contributed by atoms with E-state index in [0.717, 1.165) is 16.5 Å². The molecule has 0 N–H and O–H groups in total. The Morgan fingerprint density at radius 1 is 1.31 bits per heavy atom. The zero-order valence-corrected chi connectivity index (χ0v) is 9.12. The number of halogens is 1. The second-order valence-electron chi connectivity index (χ2n) is 3.16. The highest BCUT2D eigenvalue weighted by Crippen LogP contribution is 2.21. The van der Waals surface area contributed by atoms with Crippen molar-refractivity contribution >= 4 is 22.5 Å². The molecule has 1 aromatic carbocycles. The third-order valence-electron chi connectivity index (χ3n) is 2.09. The Balaban J connectivity index is 2.47. The fourth-order valence-electron chi connectivity index (χ4n) is 1.38. The van der Waals surface area contributed by atoms with Crippen molar-refractivity contribution in [3.8, 4) is 17.9 Å². The Kier molecular flexibility index (Phi) is 3.05. The molecule has 0 aliphatic carbocycles. The van der Waals surface area contributed by atoms with Crippen molar-refractivity contribution in [1.82, 2.24) is 4.98 Å². The van der Waals surface area contributed by atoms with Crippen LogP contribution in [0.3, 0.4) is 0 Å². The third-order valence-corrected chi connectivity index (χ3v) is 2.42. The molecule has 0 aliphatic rings. The van der Waals surface area contributed by atoms with E-state index in [0.29, 0.717) is 5.02 Å². The van der Waals surface area contributed by atoms with Crippen LogP contribution in [-0.2, 0) is 0 Å². The van der Waals surface area contributed by atoms with Gasteiger partial charge in [0.15, 0.2) is 0 Å². The van der Waals surface area contributed by atoms with Gasteiger partial charge in [-0.05, 0) is 18.2 Å². The van der Waals surface area contributed by atoms with Gasteiger partial charge in [-0.3, -0.25) is 4.98 Å². The van der Waals surface area contributed by atoms with Gasteiger partial charge in [-0.2, -0.15) is 5.26 Å². The van der Waals surface area contributed by atoms with E-state index in [1.807, 2.05) is 24.3 Å². The zero-order valence-electron chi connectivity index (χ0n) is 8.37. The first kappa shape index (κ1) is 10.5. The van der Waals surface area contributed by atoms with E-state index in [9.17, 15) is 0 Å². The van der Waals surface area contributed by atoms with Crippen LogP contribution in [0.4, 0.5) is 0 Å². The van der Waals surface area contributed by atoms with Crippen LogP contribution >= 0.6 is 11.6 Å². The Morgan fingerprint density at radius 3 is 3.00 bits per heavy atom. The van der Waals surface area contributed by atoms with Crippen LogP contribution in [0.15, 0.2) is 30.5 Å². The number of pyridine rings is 1. The molecule has 1 heterocycles. The molecule has 0 aliphatic heterocycles. The number of nitrogens with zero attached hydrogens (tertiary/aromatic N) is 2. The van der Waals surface area contributed by atoms with E-state index in [2.05, 4.69) is 16.8 Å². The number of benzene rings is 1. The number of aromatic nitrogens is 1. The van der Waals surface area contributed by atoms with E-state index in [1.54, 1.807) is 12.3 Å². The number of hydrogen-bond acceptors (Lipinski definition) is 2. The van der Waals surface area contributed by atoms with Crippen molar-refractivity contribution < 1.29 is 0 Å². The first-order valence-electron chi connectivity index (χ1n) is 4.71. The minimum absolute atomic E-state index is 0.237. The summed E-state index contributed by atoms with van der Waals surface area (Å²) < 4.78 is 0. The average Bonchev–Trinajstić information content (AvgIpc) is 2.30. The van der Waals surface area contributed by atoms with Crippen molar-refractivity contribution in [3.05, 3.63) is 41.0 Å². The molecule has 16 heavy (non-hydrogen) atoms. The molecule has 2 aromatic rings. The second-order valence-corrected chi connectivity index (χ2v) is 3.57. The summed E-state index contributed by atoms with van der Waals surface area (Å²) in [5, 5.41) is 9.96. The summed E-state index contributed by atoms with van der Waals surface area (Å²) in [7, 11) is 0. The topological polar surface area (TPSA) is 36.7 Å². The molecule has 0 fully saturated rings. The van der Waals surface area contributed by atoms with Gasteiger partial charge >= 0.3 is 0 Å². The molecule has 0 unspecified atom stereocenters. The van der Waals surface area contributed by atoms with Crippen molar-refractivity contribution in [2.24, 2.45) is 0 Å². The summed E-state index contributed by atoms with van der Waals surface area (Å²) in [6.07, 6.45) is 1.90. The lowest BCUT2D eigenvalue weighted by Crippen LogP contribution is -1.81.